The van der Waals surface area contributed by atoms with Crippen LogP contribution >= 0.6 is 15.9 Å². The molecule has 1 amide bonds. The maximum Gasteiger partial charge on any atom is 0.295 e. The van der Waals surface area contributed by atoms with Gasteiger partial charge in [0.25, 0.3) is 5.91 Å². The molecule has 0 radical (unpaired) electrons. The number of hydrogen-bond donors (Lipinski definition) is 0. The van der Waals surface area contributed by atoms with Crippen molar-refractivity contribution in [3.63, 3.8) is 0 Å². The van der Waals surface area contributed by atoms with E-state index in [1.165, 1.54) is 0 Å². The van der Waals surface area contributed by atoms with Gasteiger partial charge in [-0.3, -0.25) is 14.5 Å². The van der Waals surface area contributed by atoms with Crippen LogP contribution in [0.25, 0.3) is 11.0 Å². The molecule has 2 heterocycles. The van der Waals surface area contributed by atoms with Crippen LogP contribution in [0.4, 0.5) is 5.69 Å². The van der Waals surface area contributed by atoms with Crippen molar-refractivity contribution in [2.45, 2.75) is 33.2 Å². The van der Waals surface area contributed by atoms with Crippen molar-refractivity contribution in [1.29, 1.82) is 0 Å². The Morgan fingerprint density at radius 3 is 2.47 bits per heavy atom. The number of fused-ring (bicyclic) bond motifs is 2. The van der Waals surface area contributed by atoms with E-state index in [1.54, 1.807) is 4.90 Å². The molecule has 6 heteroatoms. The highest BCUT2D eigenvalue weighted by atomic mass is 79.9. The van der Waals surface area contributed by atoms with Crippen LogP contribution in [-0.4, -0.2) is 12.5 Å². The molecule has 0 spiro atoms. The van der Waals surface area contributed by atoms with Gasteiger partial charge in [0.2, 0.25) is 5.76 Å². The molecule has 0 bridgehead atoms. The number of amides is 1. The largest absolute Gasteiger partial charge is 0.494 e. The van der Waals surface area contributed by atoms with E-state index >= 15 is 0 Å². The van der Waals surface area contributed by atoms with Crippen LogP contribution in [0.2, 0.25) is 0 Å². The zero-order valence-corrected chi connectivity index (χ0v) is 20.8. The average Bonchev–Trinajstić information content (AvgIpc) is 3.12. The lowest BCUT2D eigenvalue weighted by Gasteiger charge is -2.25. The summed E-state index contributed by atoms with van der Waals surface area (Å²) in [5.74, 6) is 0.459. The lowest BCUT2D eigenvalue weighted by atomic mass is 9.97. The number of carbonyl (C=O) groups is 1. The zero-order valence-electron chi connectivity index (χ0n) is 19.2. The first-order valence-corrected chi connectivity index (χ1v) is 12.1. The molecule has 0 fully saturated rings. The number of benzene rings is 3. The lowest BCUT2D eigenvalue weighted by molar-refractivity contribution is 0.0971. The average molecular weight is 518 g/mol. The Kier molecular flexibility index (Phi) is 5.78. The monoisotopic (exact) mass is 517 g/mol. The molecule has 1 aliphatic heterocycles. The van der Waals surface area contributed by atoms with Gasteiger partial charge >= 0.3 is 0 Å². The van der Waals surface area contributed by atoms with Crippen molar-refractivity contribution < 1.29 is 13.9 Å². The third-order valence-electron chi connectivity index (χ3n) is 6.24. The smallest absolute Gasteiger partial charge is 0.295 e. The summed E-state index contributed by atoms with van der Waals surface area (Å²) >= 11 is 3.46. The summed E-state index contributed by atoms with van der Waals surface area (Å²) in [5, 5.41) is 0.482. The molecule has 5 nitrogen and oxygen atoms in total. The molecular formula is C28H24BrNO4. The predicted molar refractivity (Wildman–Crippen MR) is 137 cm³/mol. The van der Waals surface area contributed by atoms with Crippen LogP contribution in [0.5, 0.6) is 5.75 Å². The molecule has 0 saturated heterocycles. The summed E-state index contributed by atoms with van der Waals surface area (Å²) in [5.41, 5.74) is 4.08. The van der Waals surface area contributed by atoms with Gasteiger partial charge in [-0.25, -0.2) is 0 Å². The van der Waals surface area contributed by atoms with Gasteiger partial charge in [-0.2, -0.15) is 0 Å². The second-order valence-corrected chi connectivity index (χ2v) is 9.50. The van der Waals surface area contributed by atoms with Crippen LogP contribution in [0.3, 0.4) is 0 Å². The van der Waals surface area contributed by atoms with E-state index in [1.807, 2.05) is 81.4 Å². The number of anilines is 1. The maximum atomic E-state index is 13.8. The van der Waals surface area contributed by atoms with Crippen molar-refractivity contribution >= 4 is 38.5 Å². The van der Waals surface area contributed by atoms with Crippen molar-refractivity contribution in [1.82, 2.24) is 0 Å². The van der Waals surface area contributed by atoms with E-state index in [4.69, 9.17) is 9.15 Å². The van der Waals surface area contributed by atoms with Crippen LogP contribution in [0, 0.1) is 13.8 Å². The van der Waals surface area contributed by atoms with Gasteiger partial charge in [-0.05, 0) is 85.5 Å². The van der Waals surface area contributed by atoms with E-state index in [0.29, 0.717) is 34.6 Å². The molecular weight excluding hydrogens is 494 g/mol. The van der Waals surface area contributed by atoms with E-state index in [2.05, 4.69) is 15.9 Å². The molecule has 0 aliphatic carbocycles. The standard InChI is InChI=1S/C28H24BrNO4/c1-4-12-33-21-7-5-6-18(15-21)25-24-26(31)22-13-16(2)17(3)14-23(22)34-27(24)28(32)30(25)20-10-8-19(29)9-11-20/h5-11,13-15,25H,4,12H2,1-3H3. The number of aryl methyl sites for hydroxylation is 2. The molecule has 1 aromatic heterocycles. The van der Waals surface area contributed by atoms with E-state index in [-0.39, 0.29) is 17.1 Å². The van der Waals surface area contributed by atoms with Gasteiger partial charge in [-0.1, -0.05) is 35.0 Å². The highest BCUT2D eigenvalue weighted by molar-refractivity contribution is 9.10. The molecule has 4 aromatic rings. The Balaban J connectivity index is 1.77. The summed E-state index contributed by atoms with van der Waals surface area (Å²) in [6.45, 7) is 6.56. The SMILES string of the molecule is CCCOc1cccc(C2c3c(oc4cc(C)c(C)cc4c3=O)C(=O)N2c2ccc(Br)cc2)c1. The topological polar surface area (TPSA) is 59.8 Å². The molecule has 0 N–H and O–H groups in total. The summed E-state index contributed by atoms with van der Waals surface area (Å²) in [4.78, 5) is 29.2. The molecule has 5 rings (SSSR count). The summed E-state index contributed by atoms with van der Waals surface area (Å²) < 4.78 is 12.9. The number of ether oxygens (including phenoxy) is 1. The first kappa shape index (κ1) is 22.4. The Bertz CT molecular complexity index is 1470. The molecule has 3 aromatic carbocycles. The predicted octanol–water partition coefficient (Wildman–Crippen LogP) is 6.71. The number of hydrogen-bond acceptors (Lipinski definition) is 4. The highest BCUT2D eigenvalue weighted by Gasteiger charge is 2.43. The van der Waals surface area contributed by atoms with Gasteiger partial charge in [0.05, 0.1) is 23.6 Å². The fraction of sp³-hybridized carbons (Fsp3) is 0.214. The van der Waals surface area contributed by atoms with Crippen LogP contribution < -0.4 is 15.1 Å². The minimum Gasteiger partial charge on any atom is -0.494 e. The third-order valence-corrected chi connectivity index (χ3v) is 6.77. The molecule has 34 heavy (non-hydrogen) atoms. The van der Waals surface area contributed by atoms with Gasteiger partial charge in [0, 0.05) is 10.2 Å². The fourth-order valence-corrected chi connectivity index (χ4v) is 4.67. The van der Waals surface area contributed by atoms with Gasteiger partial charge < -0.3 is 9.15 Å². The maximum absolute atomic E-state index is 13.8. The van der Waals surface area contributed by atoms with Crippen LogP contribution in [-0.2, 0) is 0 Å². The van der Waals surface area contributed by atoms with Crippen molar-refractivity contribution in [3.05, 3.63) is 103 Å². The molecule has 1 atom stereocenters. The Morgan fingerprint density at radius 1 is 1.00 bits per heavy atom. The zero-order chi connectivity index (χ0) is 24.0. The summed E-state index contributed by atoms with van der Waals surface area (Å²) in [6.07, 6.45) is 0.883. The van der Waals surface area contributed by atoms with Gasteiger partial charge in [0.15, 0.2) is 5.43 Å². The minimum atomic E-state index is -0.629. The first-order valence-electron chi connectivity index (χ1n) is 11.3. The quantitative estimate of drug-likeness (QED) is 0.295. The Hall–Kier alpha value is -3.38. The second kappa shape index (κ2) is 8.76. The summed E-state index contributed by atoms with van der Waals surface area (Å²) in [6, 6.07) is 18.1. The molecule has 1 aliphatic rings. The van der Waals surface area contributed by atoms with Crippen molar-refractivity contribution in [3.8, 4) is 5.75 Å². The van der Waals surface area contributed by atoms with E-state index in [0.717, 1.165) is 27.6 Å². The Morgan fingerprint density at radius 2 is 1.74 bits per heavy atom. The number of carbonyl (C=O) groups excluding carboxylic acids is 1. The molecule has 1 unspecified atom stereocenters. The molecule has 0 saturated carbocycles. The summed E-state index contributed by atoms with van der Waals surface area (Å²) in [7, 11) is 0. The number of halogens is 1. The van der Waals surface area contributed by atoms with Crippen LogP contribution in [0.15, 0.2) is 74.3 Å². The minimum absolute atomic E-state index is 0.0913. The Labute approximate surface area is 206 Å². The van der Waals surface area contributed by atoms with E-state index < -0.39 is 6.04 Å². The van der Waals surface area contributed by atoms with Crippen molar-refractivity contribution in [2.24, 2.45) is 0 Å². The van der Waals surface area contributed by atoms with Crippen molar-refractivity contribution in [2.75, 3.05) is 11.5 Å². The van der Waals surface area contributed by atoms with Gasteiger partial charge in [0.1, 0.15) is 11.3 Å². The second-order valence-electron chi connectivity index (χ2n) is 8.58. The van der Waals surface area contributed by atoms with E-state index in [9.17, 15) is 9.59 Å². The van der Waals surface area contributed by atoms with Crippen LogP contribution in [0.1, 0.15) is 52.2 Å². The normalized spacial score (nSPS) is 15.1. The van der Waals surface area contributed by atoms with Gasteiger partial charge in [-0.15, -0.1) is 0 Å². The molecule has 172 valence electrons. The lowest BCUT2D eigenvalue weighted by Crippen LogP contribution is -2.29. The number of rotatable bonds is 5. The fourth-order valence-electron chi connectivity index (χ4n) is 4.41. The highest BCUT2D eigenvalue weighted by Crippen LogP contribution is 2.42. The first-order chi connectivity index (χ1) is 16.4. The number of nitrogens with zero attached hydrogens (tertiary/aromatic N) is 1. The third kappa shape index (κ3) is 3.72.